The van der Waals surface area contributed by atoms with Crippen LogP contribution in [0.2, 0.25) is 5.15 Å². The van der Waals surface area contributed by atoms with Gasteiger partial charge in [0, 0.05) is 0 Å². The molecular weight excluding hydrogens is 160 g/mol. The predicted molar refractivity (Wildman–Crippen MR) is 44.5 cm³/mol. The molecule has 0 fully saturated rings. The van der Waals surface area contributed by atoms with Crippen LogP contribution < -0.4 is 0 Å². The van der Waals surface area contributed by atoms with Crippen LogP contribution in [0.4, 0.5) is 0 Å². The maximum absolute atomic E-state index is 7.30. The summed E-state index contributed by atoms with van der Waals surface area (Å²) >= 11 is 5.63. The van der Waals surface area contributed by atoms with Crippen LogP contribution in [0.5, 0.6) is 0 Å². The first kappa shape index (κ1) is 5.49. The first-order valence-electron chi connectivity index (χ1n) is 3.66. The Morgan fingerprint density at radius 3 is 2.82 bits per heavy atom. The summed E-state index contributed by atoms with van der Waals surface area (Å²) in [5.41, 5.74) is 1.42. The number of halogens is 1. The van der Waals surface area contributed by atoms with Gasteiger partial charge in [-0.3, -0.25) is 4.98 Å². The minimum Gasteiger partial charge on any atom is -0.251 e. The van der Waals surface area contributed by atoms with Crippen LogP contribution in [0.3, 0.4) is 0 Å². The maximum atomic E-state index is 7.30. The second kappa shape index (κ2) is 2.47. The molecule has 0 saturated heterocycles. The van der Waals surface area contributed by atoms with Gasteiger partial charge < -0.3 is 0 Å². The zero-order chi connectivity index (χ0) is 8.55. The highest BCUT2D eigenvalue weighted by molar-refractivity contribution is 6.29. The summed E-state index contributed by atoms with van der Waals surface area (Å²) in [4.78, 5) is 7.94. The van der Waals surface area contributed by atoms with Crippen molar-refractivity contribution in [1.82, 2.24) is 9.97 Å². The quantitative estimate of drug-likeness (QED) is 0.599. The van der Waals surface area contributed by atoms with E-state index in [4.69, 9.17) is 13.0 Å². The normalized spacial score (nSPS) is 11.5. The number of rotatable bonds is 0. The molecule has 3 heteroatoms. The third-order valence-electron chi connectivity index (χ3n) is 1.37. The minimum atomic E-state index is 0.0235. The van der Waals surface area contributed by atoms with Crippen LogP contribution >= 0.6 is 11.6 Å². The highest BCUT2D eigenvalue weighted by Gasteiger charge is 1.93. The summed E-state index contributed by atoms with van der Waals surface area (Å²) in [5.74, 6) is 0. The SMILES string of the molecule is [2H]c1nc2ccccc2nc1Cl. The monoisotopic (exact) mass is 165 g/mol. The van der Waals surface area contributed by atoms with Gasteiger partial charge in [-0.2, -0.15) is 0 Å². The molecular formula is C8H5ClN2. The Kier molecular flexibility index (Phi) is 1.24. The zero-order valence-corrected chi connectivity index (χ0v) is 6.34. The number of hydrogen-bond acceptors (Lipinski definition) is 2. The van der Waals surface area contributed by atoms with Crippen molar-refractivity contribution < 1.29 is 1.37 Å². The molecule has 0 spiro atoms. The van der Waals surface area contributed by atoms with Gasteiger partial charge in [-0.05, 0) is 12.1 Å². The maximum Gasteiger partial charge on any atom is 0.148 e. The van der Waals surface area contributed by atoms with E-state index in [1.165, 1.54) is 0 Å². The average Bonchev–Trinajstić information content (AvgIpc) is 2.07. The molecule has 0 atom stereocenters. The van der Waals surface area contributed by atoms with Crippen LogP contribution in [0.15, 0.2) is 30.4 Å². The Bertz CT molecular complexity index is 390. The molecule has 0 bridgehead atoms. The molecule has 0 aliphatic carbocycles. The summed E-state index contributed by atoms with van der Waals surface area (Å²) in [6.45, 7) is 0. The Labute approximate surface area is 70.3 Å². The third-order valence-corrected chi connectivity index (χ3v) is 1.54. The van der Waals surface area contributed by atoms with Crippen molar-refractivity contribution in [1.29, 1.82) is 0 Å². The van der Waals surface area contributed by atoms with E-state index in [2.05, 4.69) is 9.97 Å². The Balaban J connectivity index is 2.84. The van der Waals surface area contributed by atoms with Gasteiger partial charge in [0.2, 0.25) is 0 Å². The van der Waals surface area contributed by atoms with Crippen LogP contribution in [0.25, 0.3) is 11.0 Å². The molecule has 1 heterocycles. The van der Waals surface area contributed by atoms with Crippen molar-refractivity contribution >= 4 is 22.6 Å². The first-order chi connectivity index (χ1) is 5.77. The molecule has 1 aromatic heterocycles. The second-order valence-electron chi connectivity index (χ2n) is 2.11. The van der Waals surface area contributed by atoms with E-state index in [1.807, 2.05) is 18.2 Å². The molecule has 0 N–H and O–H groups in total. The third kappa shape index (κ3) is 1.17. The second-order valence-corrected chi connectivity index (χ2v) is 2.47. The van der Waals surface area contributed by atoms with E-state index in [9.17, 15) is 0 Å². The molecule has 0 aliphatic rings. The van der Waals surface area contributed by atoms with Gasteiger partial charge in [-0.1, -0.05) is 23.7 Å². The number of para-hydroxylation sites is 2. The van der Waals surface area contributed by atoms with E-state index in [-0.39, 0.29) is 11.3 Å². The van der Waals surface area contributed by atoms with Gasteiger partial charge in [-0.25, -0.2) is 4.98 Å². The minimum absolute atomic E-state index is 0.0235. The molecule has 2 rings (SSSR count). The largest absolute Gasteiger partial charge is 0.251 e. The van der Waals surface area contributed by atoms with E-state index >= 15 is 0 Å². The first-order valence-corrected chi connectivity index (χ1v) is 3.54. The smallest absolute Gasteiger partial charge is 0.148 e. The van der Waals surface area contributed by atoms with Gasteiger partial charge in [0.1, 0.15) is 5.15 Å². The Morgan fingerprint density at radius 1 is 1.27 bits per heavy atom. The lowest BCUT2D eigenvalue weighted by Crippen LogP contribution is -1.81. The number of nitrogens with zero attached hydrogens (tertiary/aromatic N) is 2. The van der Waals surface area contributed by atoms with Crippen molar-refractivity contribution in [2.75, 3.05) is 0 Å². The molecule has 2 aromatic rings. The number of aromatic nitrogens is 2. The van der Waals surface area contributed by atoms with Crippen LogP contribution in [0, 0.1) is 0 Å². The molecule has 0 radical (unpaired) electrons. The Hall–Kier alpha value is -1.15. The number of benzene rings is 1. The molecule has 54 valence electrons. The van der Waals surface area contributed by atoms with Crippen LogP contribution in [0.1, 0.15) is 1.37 Å². The molecule has 2 nitrogen and oxygen atoms in total. The van der Waals surface area contributed by atoms with Gasteiger partial charge in [-0.15, -0.1) is 0 Å². The van der Waals surface area contributed by atoms with Gasteiger partial charge in [0.15, 0.2) is 0 Å². The highest BCUT2D eigenvalue weighted by atomic mass is 35.5. The van der Waals surface area contributed by atoms with Crippen molar-refractivity contribution in [2.24, 2.45) is 0 Å². The molecule has 0 amide bonds. The molecule has 0 saturated carbocycles. The van der Waals surface area contributed by atoms with Gasteiger partial charge >= 0.3 is 0 Å². The van der Waals surface area contributed by atoms with E-state index < -0.39 is 0 Å². The lowest BCUT2D eigenvalue weighted by atomic mass is 10.3. The fourth-order valence-corrected chi connectivity index (χ4v) is 1.02. The fraction of sp³-hybridized carbons (Fsp3) is 0. The molecule has 0 unspecified atom stereocenters. The average molecular weight is 166 g/mol. The predicted octanol–water partition coefficient (Wildman–Crippen LogP) is 2.28. The lowest BCUT2D eigenvalue weighted by Gasteiger charge is -1.93. The molecule has 1 aromatic carbocycles. The summed E-state index contributed by atoms with van der Waals surface area (Å²) in [7, 11) is 0. The van der Waals surface area contributed by atoms with Crippen molar-refractivity contribution in [3.8, 4) is 0 Å². The number of fused-ring (bicyclic) bond motifs is 1. The van der Waals surface area contributed by atoms with Gasteiger partial charge in [0.05, 0.1) is 18.6 Å². The Morgan fingerprint density at radius 2 is 2.00 bits per heavy atom. The summed E-state index contributed by atoms with van der Waals surface area (Å²) in [6, 6.07) is 7.33. The van der Waals surface area contributed by atoms with Gasteiger partial charge in [0.25, 0.3) is 0 Å². The fourth-order valence-electron chi connectivity index (χ4n) is 0.890. The summed E-state index contributed by atoms with van der Waals surface area (Å²) in [5, 5.41) is 0.147. The van der Waals surface area contributed by atoms with E-state index in [1.54, 1.807) is 6.07 Å². The number of hydrogen-bond donors (Lipinski definition) is 0. The molecule has 11 heavy (non-hydrogen) atoms. The highest BCUT2D eigenvalue weighted by Crippen LogP contribution is 2.10. The van der Waals surface area contributed by atoms with E-state index in [0.29, 0.717) is 5.52 Å². The van der Waals surface area contributed by atoms with Crippen molar-refractivity contribution in [3.05, 3.63) is 35.6 Å². The molecule has 0 aliphatic heterocycles. The zero-order valence-electron chi connectivity index (χ0n) is 6.58. The summed E-state index contributed by atoms with van der Waals surface area (Å²) < 4.78 is 7.30. The van der Waals surface area contributed by atoms with Crippen LogP contribution in [-0.4, -0.2) is 9.97 Å². The van der Waals surface area contributed by atoms with Crippen LogP contribution in [-0.2, 0) is 0 Å². The van der Waals surface area contributed by atoms with Crippen molar-refractivity contribution in [3.63, 3.8) is 0 Å². The van der Waals surface area contributed by atoms with E-state index in [0.717, 1.165) is 5.52 Å². The van der Waals surface area contributed by atoms with Crippen molar-refractivity contribution in [2.45, 2.75) is 0 Å². The standard InChI is InChI=1S/C8H5ClN2/c9-8-5-10-6-3-1-2-4-7(6)11-8/h1-5H/i5D. The lowest BCUT2D eigenvalue weighted by molar-refractivity contribution is 1.29. The topological polar surface area (TPSA) is 25.8 Å². The summed E-state index contributed by atoms with van der Waals surface area (Å²) in [6.07, 6.45) is 0.0235.